The van der Waals surface area contributed by atoms with E-state index in [-0.39, 0.29) is 18.9 Å². The molecule has 0 heterocycles. The largest absolute Gasteiger partial charge is 0.497 e. The topological polar surface area (TPSA) is 89.0 Å². The highest BCUT2D eigenvalue weighted by molar-refractivity contribution is 6.30. The van der Waals surface area contributed by atoms with E-state index in [2.05, 4.69) is 15.8 Å². The number of nitrogens with zero attached hydrogens (tertiary/aromatic N) is 1. The Morgan fingerprint density at radius 1 is 1.00 bits per heavy atom. The molecule has 0 radical (unpaired) electrons. The maximum atomic E-state index is 11.9. The minimum Gasteiger partial charge on any atom is -0.497 e. The fourth-order valence-corrected chi connectivity index (χ4v) is 2.27. The summed E-state index contributed by atoms with van der Waals surface area (Å²) in [6.45, 7) is 1.86. The van der Waals surface area contributed by atoms with Crippen LogP contribution in [0.3, 0.4) is 0 Å². The van der Waals surface area contributed by atoms with E-state index in [9.17, 15) is 9.59 Å². The van der Waals surface area contributed by atoms with Gasteiger partial charge in [-0.15, -0.1) is 0 Å². The van der Waals surface area contributed by atoms with E-state index in [0.29, 0.717) is 28.8 Å². The van der Waals surface area contributed by atoms with E-state index in [0.717, 1.165) is 5.56 Å². The number of hydrazone groups is 1. The summed E-state index contributed by atoms with van der Waals surface area (Å²) in [4.78, 5) is 23.7. The molecular formula is C20H22ClN3O4. The number of hydrogen-bond donors (Lipinski definition) is 2. The third kappa shape index (κ3) is 7.67. The molecule has 7 nitrogen and oxygen atoms in total. The smallest absolute Gasteiger partial charge is 0.277 e. The first-order valence-electron chi connectivity index (χ1n) is 8.56. The third-order valence-corrected chi connectivity index (χ3v) is 3.87. The number of hydrogen-bond acceptors (Lipinski definition) is 5. The summed E-state index contributed by atoms with van der Waals surface area (Å²) in [6, 6.07) is 14.1. The van der Waals surface area contributed by atoms with Gasteiger partial charge >= 0.3 is 0 Å². The van der Waals surface area contributed by atoms with Gasteiger partial charge in [0.1, 0.15) is 11.5 Å². The van der Waals surface area contributed by atoms with Gasteiger partial charge in [0.05, 0.1) is 13.5 Å². The molecule has 8 heteroatoms. The maximum Gasteiger partial charge on any atom is 0.277 e. The van der Waals surface area contributed by atoms with Crippen LogP contribution in [0.15, 0.2) is 53.6 Å². The van der Waals surface area contributed by atoms with Crippen molar-refractivity contribution in [2.24, 2.45) is 5.10 Å². The van der Waals surface area contributed by atoms with Gasteiger partial charge in [-0.1, -0.05) is 23.7 Å². The van der Waals surface area contributed by atoms with Gasteiger partial charge in [0, 0.05) is 17.3 Å². The fraction of sp³-hybridized carbons (Fsp3) is 0.250. The predicted octanol–water partition coefficient (Wildman–Crippen LogP) is 2.93. The van der Waals surface area contributed by atoms with Crippen LogP contribution in [0.25, 0.3) is 0 Å². The number of carbonyl (C=O) groups is 2. The van der Waals surface area contributed by atoms with Crippen molar-refractivity contribution < 1.29 is 19.1 Å². The number of ether oxygens (including phenoxy) is 2. The summed E-state index contributed by atoms with van der Waals surface area (Å²) < 4.78 is 10.4. The lowest BCUT2D eigenvalue weighted by Gasteiger charge is -2.07. The number of benzene rings is 2. The van der Waals surface area contributed by atoms with Gasteiger partial charge in [0.25, 0.3) is 5.91 Å². The van der Waals surface area contributed by atoms with Crippen LogP contribution in [0.5, 0.6) is 11.5 Å². The normalized spacial score (nSPS) is 10.9. The highest BCUT2D eigenvalue weighted by atomic mass is 35.5. The second kappa shape index (κ2) is 10.9. The first-order chi connectivity index (χ1) is 13.5. The number of carbonyl (C=O) groups excluding carboxylic acids is 2. The van der Waals surface area contributed by atoms with Crippen molar-refractivity contribution in [3.8, 4) is 11.5 Å². The van der Waals surface area contributed by atoms with Crippen molar-refractivity contribution in [2.75, 3.05) is 13.7 Å². The van der Waals surface area contributed by atoms with Crippen molar-refractivity contribution in [1.82, 2.24) is 10.7 Å². The molecular weight excluding hydrogens is 382 g/mol. The average Bonchev–Trinajstić information content (AvgIpc) is 2.70. The van der Waals surface area contributed by atoms with E-state index in [1.165, 1.54) is 0 Å². The van der Waals surface area contributed by atoms with Crippen LogP contribution >= 0.6 is 11.6 Å². The van der Waals surface area contributed by atoms with Gasteiger partial charge in [-0.3, -0.25) is 9.59 Å². The first-order valence-corrected chi connectivity index (χ1v) is 8.94. The number of halogens is 1. The maximum absolute atomic E-state index is 11.9. The van der Waals surface area contributed by atoms with Crippen LogP contribution in [0, 0.1) is 0 Å². The van der Waals surface area contributed by atoms with Gasteiger partial charge in [-0.2, -0.15) is 5.10 Å². The molecule has 0 aliphatic rings. The Morgan fingerprint density at radius 2 is 1.64 bits per heavy atom. The van der Waals surface area contributed by atoms with Crippen molar-refractivity contribution >= 4 is 29.1 Å². The van der Waals surface area contributed by atoms with Gasteiger partial charge in [0.15, 0.2) is 6.61 Å². The van der Waals surface area contributed by atoms with E-state index in [4.69, 9.17) is 21.1 Å². The second-order valence-corrected chi connectivity index (χ2v) is 6.36. The Kier molecular flexibility index (Phi) is 8.30. The molecule has 0 bridgehead atoms. The fourth-order valence-electron chi connectivity index (χ4n) is 2.15. The highest BCUT2D eigenvalue weighted by Crippen LogP contribution is 2.16. The van der Waals surface area contributed by atoms with Crippen molar-refractivity contribution in [3.63, 3.8) is 0 Å². The molecule has 0 unspecified atom stereocenters. The minimum atomic E-state index is -0.420. The minimum absolute atomic E-state index is 0.0766. The summed E-state index contributed by atoms with van der Waals surface area (Å²) in [6.07, 6.45) is 0.0766. The lowest BCUT2D eigenvalue weighted by molar-refractivity contribution is -0.123. The lowest BCUT2D eigenvalue weighted by atomic mass is 10.2. The summed E-state index contributed by atoms with van der Waals surface area (Å²) in [5.41, 5.74) is 3.78. The first kappa shape index (κ1) is 21.2. The second-order valence-electron chi connectivity index (χ2n) is 5.93. The van der Waals surface area contributed by atoms with Crippen LogP contribution in [0.2, 0.25) is 5.02 Å². The van der Waals surface area contributed by atoms with Gasteiger partial charge < -0.3 is 14.8 Å². The Balaban J connectivity index is 1.69. The Hall–Kier alpha value is -3.06. The molecule has 0 saturated heterocycles. The quantitative estimate of drug-likeness (QED) is 0.497. The lowest BCUT2D eigenvalue weighted by Crippen LogP contribution is -2.28. The average molecular weight is 404 g/mol. The van der Waals surface area contributed by atoms with Crippen LogP contribution in [0.4, 0.5) is 0 Å². The number of nitrogens with one attached hydrogen (secondary N) is 2. The van der Waals surface area contributed by atoms with Crippen molar-refractivity contribution in [2.45, 2.75) is 19.9 Å². The molecule has 0 aliphatic carbocycles. The summed E-state index contributed by atoms with van der Waals surface area (Å²) >= 11 is 5.82. The van der Waals surface area contributed by atoms with Crippen molar-refractivity contribution in [3.05, 3.63) is 59.1 Å². The Bertz CT molecular complexity index is 820. The zero-order chi connectivity index (χ0) is 20.4. The molecule has 0 fully saturated rings. The molecule has 2 rings (SSSR count). The molecule has 2 N–H and O–H groups in total. The van der Waals surface area contributed by atoms with Crippen LogP contribution in [-0.2, 0) is 16.1 Å². The van der Waals surface area contributed by atoms with E-state index in [1.807, 2.05) is 12.1 Å². The Morgan fingerprint density at radius 3 is 2.29 bits per heavy atom. The van der Waals surface area contributed by atoms with Gasteiger partial charge in [-0.25, -0.2) is 5.43 Å². The van der Waals surface area contributed by atoms with Crippen LogP contribution in [0.1, 0.15) is 18.9 Å². The molecule has 28 heavy (non-hydrogen) atoms. The standard InChI is InChI=1S/C20H22ClN3O4/c1-14(11-19(25)22-12-15-3-5-16(21)6-4-15)23-24-20(26)13-28-18-9-7-17(27-2)8-10-18/h3-10H,11-13H2,1-2H3,(H,22,25)(H,24,26). The summed E-state index contributed by atoms with van der Waals surface area (Å²) in [7, 11) is 1.57. The van der Waals surface area contributed by atoms with E-state index < -0.39 is 5.91 Å². The Labute approximate surface area is 168 Å². The van der Waals surface area contributed by atoms with Gasteiger partial charge in [-0.05, 0) is 48.9 Å². The van der Waals surface area contributed by atoms with Crippen LogP contribution < -0.4 is 20.2 Å². The van der Waals surface area contributed by atoms with E-state index >= 15 is 0 Å². The highest BCUT2D eigenvalue weighted by Gasteiger charge is 2.06. The molecule has 2 amide bonds. The third-order valence-electron chi connectivity index (χ3n) is 3.62. The predicted molar refractivity (Wildman–Crippen MR) is 108 cm³/mol. The van der Waals surface area contributed by atoms with Gasteiger partial charge in [0.2, 0.25) is 5.91 Å². The molecule has 0 aliphatic heterocycles. The number of methoxy groups -OCH3 is 1. The molecule has 2 aromatic carbocycles. The summed E-state index contributed by atoms with van der Waals surface area (Å²) in [5, 5.41) is 7.33. The van der Waals surface area contributed by atoms with E-state index in [1.54, 1.807) is 50.4 Å². The number of rotatable bonds is 9. The SMILES string of the molecule is COc1ccc(OCC(=O)NN=C(C)CC(=O)NCc2ccc(Cl)cc2)cc1. The molecule has 0 saturated carbocycles. The zero-order valence-corrected chi connectivity index (χ0v) is 16.5. The molecule has 0 atom stereocenters. The number of amides is 2. The summed E-state index contributed by atoms with van der Waals surface area (Å²) in [5.74, 6) is 0.626. The monoisotopic (exact) mass is 403 g/mol. The molecule has 2 aromatic rings. The molecule has 0 spiro atoms. The van der Waals surface area contributed by atoms with Crippen molar-refractivity contribution in [1.29, 1.82) is 0 Å². The zero-order valence-electron chi connectivity index (χ0n) is 15.7. The molecule has 148 valence electrons. The molecule has 0 aromatic heterocycles. The van der Waals surface area contributed by atoms with Crippen LogP contribution in [-0.4, -0.2) is 31.2 Å².